The Bertz CT molecular complexity index is 568. The fraction of sp³-hybridized carbons (Fsp3) is 0.750. The number of ketones is 1. The van der Waals surface area contributed by atoms with Crippen LogP contribution in [-0.4, -0.2) is 17.0 Å². The van der Waals surface area contributed by atoms with Crippen molar-refractivity contribution in [2.24, 2.45) is 23.2 Å². The fourth-order valence-corrected chi connectivity index (χ4v) is 6.36. The van der Waals surface area contributed by atoms with Crippen LogP contribution in [-0.2, 0) is 4.79 Å². The van der Waals surface area contributed by atoms with Gasteiger partial charge in [0.15, 0.2) is 5.78 Å². The molecule has 5 atom stereocenters. The summed E-state index contributed by atoms with van der Waals surface area (Å²) in [5.41, 5.74) is 4.93. The Morgan fingerprint density at radius 1 is 1.18 bits per heavy atom. The number of aliphatic hydroxyl groups excluding tert-OH is 1. The summed E-state index contributed by atoms with van der Waals surface area (Å²) in [7, 11) is 0. The molecule has 4 rings (SSSR count). The lowest BCUT2D eigenvalue weighted by Gasteiger charge is -2.49. The van der Waals surface area contributed by atoms with E-state index >= 15 is 0 Å². The lowest BCUT2D eigenvalue weighted by molar-refractivity contribution is -0.114. The third-order valence-corrected chi connectivity index (χ3v) is 7.39. The summed E-state index contributed by atoms with van der Waals surface area (Å²) in [6, 6.07) is 0. The van der Waals surface area contributed by atoms with Gasteiger partial charge in [0.05, 0.1) is 6.10 Å². The van der Waals surface area contributed by atoms with Crippen LogP contribution in [0.3, 0.4) is 0 Å². The molecule has 0 heterocycles. The van der Waals surface area contributed by atoms with Crippen LogP contribution in [0, 0.1) is 23.2 Å². The smallest absolute Gasteiger partial charge is 0.156 e. The third kappa shape index (κ3) is 1.99. The molecule has 0 saturated heterocycles. The minimum atomic E-state index is -0.171. The Morgan fingerprint density at radius 2 is 2.00 bits per heavy atom. The molecule has 2 fully saturated rings. The van der Waals surface area contributed by atoms with Crippen molar-refractivity contribution < 1.29 is 9.90 Å². The molecule has 0 spiro atoms. The summed E-state index contributed by atoms with van der Waals surface area (Å²) in [6.45, 7) is 4.43. The molecule has 0 unspecified atom stereocenters. The third-order valence-electron chi connectivity index (χ3n) is 7.39. The van der Waals surface area contributed by atoms with Gasteiger partial charge >= 0.3 is 0 Å². The zero-order valence-electron chi connectivity index (χ0n) is 13.9. The first-order valence-electron chi connectivity index (χ1n) is 9.14. The van der Waals surface area contributed by atoms with E-state index in [2.05, 4.69) is 6.92 Å². The normalized spacial score (nSPS) is 42.4. The molecule has 0 aliphatic heterocycles. The van der Waals surface area contributed by atoms with Gasteiger partial charge in [0.1, 0.15) is 0 Å². The average Bonchev–Trinajstić information content (AvgIpc) is 2.84. The number of allylic oxidation sites excluding steroid dienone is 4. The van der Waals surface area contributed by atoms with E-state index in [1.54, 1.807) is 11.1 Å². The summed E-state index contributed by atoms with van der Waals surface area (Å²) in [6.07, 6.45) is 10.7. The second-order valence-corrected chi connectivity index (χ2v) is 8.32. The average molecular weight is 300 g/mol. The first-order chi connectivity index (χ1) is 10.5. The first kappa shape index (κ1) is 14.7. The van der Waals surface area contributed by atoms with E-state index in [-0.39, 0.29) is 6.10 Å². The molecule has 0 bridgehead atoms. The molecule has 0 aromatic rings. The van der Waals surface area contributed by atoms with Crippen LogP contribution in [0.25, 0.3) is 0 Å². The molecule has 0 amide bonds. The van der Waals surface area contributed by atoms with E-state index in [0.29, 0.717) is 23.5 Å². The summed E-state index contributed by atoms with van der Waals surface area (Å²) in [5, 5.41) is 10.2. The minimum absolute atomic E-state index is 0.171. The Hall–Kier alpha value is -0.890. The molecule has 22 heavy (non-hydrogen) atoms. The maximum atomic E-state index is 11.7. The zero-order valence-corrected chi connectivity index (χ0v) is 13.9. The molecule has 2 nitrogen and oxygen atoms in total. The van der Waals surface area contributed by atoms with Crippen molar-refractivity contribution in [2.75, 3.05) is 0 Å². The largest absolute Gasteiger partial charge is 0.393 e. The number of aliphatic hydroxyl groups is 1. The molecule has 2 heteroatoms. The predicted octanol–water partition coefficient (Wildman–Crippen LogP) is 4.19. The van der Waals surface area contributed by atoms with Gasteiger partial charge in [-0.2, -0.15) is 0 Å². The molecule has 120 valence electrons. The van der Waals surface area contributed by atoms with Gasteiger partial charge in [-0.05, 0) is 92.3 Å². The molecule has 2 saturated carbocycles. The van der Waals surface area contributed by atoms with E-state index in [1.165, 1.54) is 37.7 Å². The van der Waals surface area contributed by atoms with Crippen LogP contribution in [0.4, 0.5) is 0 Å². The lowest BCUT2D eigenvalue weighted by Crippen LogP contribution is -2.42. The van der Waals surface area contributed by atoms with Crippen molar-refractivity contribution in [3.05, 3.63) is 22.8 Å². The minimum Gasteiger partial charge on any atom is -0.393 e. The molecule has 4 aliphatic rings. The van der Waals surface area contributed by atoms with E-state index in [4.69, 9.17) is 0 Å². The van der Waals surface area contributed by atoms with Gasteiger partial charge in [0, 0.05) is 6.42 Å². The lowest BCUT2D eigenvalue weighted by atomic mass is 9.55. The highest BCUT2D eigenvalue weighted by molar-refractivity contribution is 5.93. The van der Waals surface area contributed by atoms with Crippen molar-refractivity contribution in [3.63, 3.8) is 0 Å². The van der Waals surface area contributed by atoms with Gasteiger partial charge in [0.2, 0.25) is 0 Å². The summed E-state index contributed by atoms with van der Waals surface area (Å²) >= 11 is 0. The van der Waals surface area contributed by atoms with Crippen LogP contribution >= 0.6 is 0 Å². The standard InChI is InChI=1S/C20H28O2/c1-12(21)18-7-8-19-17-5-3-13-11-14(22)4-6-15(13)16(17)9-10-20(18,19)2/h11-12,17-19,21H,3-10H2,1-2H3/t12-,17-,18-,19-,20-/m1/s1. The number of fused-ring (bicyclic) bond motifs is 4. The van der Waals surface area contributed by atoms with Crippen molar-refractivity contribution in [3.8, 4) is 0 Å². The summed E-state index contributed by atoms with van der Waals surface area (Å²) in [4.78, 5) is 11.7. The number of rotatable bonds is 1. The van der Waals surface area contributed by atoms with Gasteiger partial charge in [-0.15, -0.1) is 0 Å². The Balaban J connectivity index is 1.70. The number of carbonyl (C=O) groups excluding carboxylic acids is 1. The second kappa shape index (κ2) is 5.06. The Kier molecular flexibility index (Phi) is 3.38. The molecule has 0 aromatic heterocycles. The van der Waals surface area contributed by atoms with Gasteiger partial charge < -0.3 is 5.11 Å². The summed E-state index contributed by atoms with van der Waals surface area (Å²) in [5.74, 6) is 2.28. The summed E-state index contributed by atoms with van der Waals surface area (Å²) < 4.78 is 0. The highest BCUT2D eigenvalue weighted by atomic mass is 16.3. The van der Waals surface area contributed by atoms with Crippen LogP contribution in [0.2, 0.25) is 0 Å². The van der Waals surface area contributed by atoms with Crippen molar-refractivity contribution in [2.45, 2.75) is 71.3 Å². The van der Waals surface area contributed by atoms with Crippen LogP contribution in [0.15, 0.2) is 22.8 Å². The van der Waals surface area contributed by atoms with Crippen LogP contribution in [0.5, 0.6) is 0 Å². The molecule has 0 aromatic carbocycles. The molecular formula is C20H28O2. The maximum absolute atomic E-state index is 11.7. The first-order valence-corrected chi connectivity index (χ1v) is 9.14. The Morgan fingerprint density at radius 3 is 2.77 bits per heavy atom. The van der Waals surface area contributed by atoms with Crippen molar-refractivity contribution in [1.29, 1.82) is 0 Å². The molecular weight excluding hydrogens is 272 g/mol. The number of hydrogen-bond donors (Lipinski definition) is 1. The predicted molar refractivity (Wildman–Crippen MR) is 87.3 cm³/mol. The fourth-order valence-electron chi connectivity index (χ4n) is 6.36. The van der Waals surface area contributed by atoms with Gasteiger partial charge in [-0.3, -0.25) is 4.79 Å². The molecule has 0 radical (unpaired) electrons. The van der Waals surface area contributed by atoms with E-state index < -0.39 is 0 Å². The van der Waals surface area contributed by atoms with E-state index in [9.17, 15) is 9.90 Å². The molecule has 1 N–H and O–H groups in total. The van der Waals surface area contributed by atoms with Gasteiger partial charge in [-0.1, -0.05) is 12.5 Å². The number of hydrogen-bond acceptors (Lipinski definition) is 2. The second-order valence-electron chi connectivity index (χ2n) is 8.32. The topological polar surface area (TPSA) is 37.3 Å². The highest BCUT2D eigenvalue weighted by Crippen LogP contribution is 2.62. The highest BCUT2D eigenvalue weighted by Gasteiger charge is 2.54. The maximum Gasteiger partial charge on any atom is 0.156 e. The van der Waals surface area contributed by atoms with Crippen LogP contribution < -0.4 is 0 Å². The zero-order chi connectivity index (χ0) is 15.5. The van der Waals surface area contributed by atoms with Gasteiger partial charge in [-0.25, -0.2) is 0 Å². The van der Waals surface area contributed by atoms with Crippen LogP contribution in [0.1, 0.15) is 65.2 Å². The van der Waals surface area contributed by atoms with E-state index in [0.717, 1.165) is 24.7 Å². The van der Waals surface area contributed by atoms with E-state index in [1.807, 2.05) is 13.0 Å². The quantitative estimate of drug-likeness (QED) is 0.788. The van der Waals surface area contributed by atoms with Crippen molar-refractivity contribution in [1.82, 2.24) is 0 Å². The number of carbonyl (C=O) groups is 1. The molecule has 4 aliphatic carbocycles. The van der Waals surface area contributed by atoms with Crippen molar-refractivity contribution >= 4 is 5.78 Å². The Labute approximate surface area is 133 Å². The van der Waals surface area contributed by atoms with Gasteiger partial charge in [0.25, 0.3) is 0 Å². The monoisotopic (exact) mass is 300 g/mol. The SMILES string of the molecule is C[C@@H](O)[C@H]1CC[C@@H]2[C@@H]3CCC4=CC(=O)CCC4=C3CC[C@@]21C.